The number of benzene rings is 3. The van der Waals surface area contributed by atoms with E-state index in [1.165, 1.54) is 18.2 Å². The highest BCUT2D eigenvalue weighted by molar-refractivity contribution is 7.90. The Hall–Kier alpha value is -3.65. The first kappa shape index (κ1) is 22.5. The van der Waals surface area contributed by atoms with Crippen LogP contribution in [0, 0.1) is 0 Å². The minimum absolute atomic E-state index is 0.0768. The number of nitrogens with zero attached hydrogens (tertiary/aromatic N) is 2. The van der Waals surface area contributed by atoms with Gasteiger partial charge >= 0.3 is 0 Å². The molecule has 0 aliphatic rings. The van der Waals surface area contributed by atoms with Crippen molar-refractivity contribution in [1.82, 2.24) is 14.5 Å². The maximum Gasteiger partial charge on any atom is 0.283 e. The number of nitrogens with two attached hydrogens (primary N) is 1. The highest BCUT2D eigenvalue weighted by atomic mass is 32.2. The van der Waals surface area contributed by atoms with Gasteiger partial charge in [-0.05, 0) is 40.6 Å². The SMILES string of the molecule is CC(C)(C)c1cc(C(=O)NS(=O)(=O)c2cccc(N)c2)n(Cc2cccc3ccccc23)n1. The zero-order chi connectivity index (χ0) is 23.8. The lowest BCUT2D eigenvalue weighted by Crippen LogP contribution is -2.32. The number of nitrogen functional groups attached to an aromatic ring is 1. The summed E-state index contributed by atoms with van der Waals surface area (Å²) in [5, 5.41) is 6.79. The van der Waals surface area contributed by atoms with Gasteiger partial charge in [0.25, 0.3) is 15.9 Å². The highest BCUT2D eigenvalue weighted by Gasteiger charge is 2.26. The number of fused-ring (bicyclic) bond motifs is 1. The summed E-state index contributed by atoms with van der Waals surface area (Å²) in [7, 11) is -4.10. The fourth-order valence-electron chi connectivity index (χ4n) is 3.59. The Bertz CT molecular complexity index is 1440. The van der Waals surface area contributed by atoms with Crippen molar-refractivity contribution in [3.63, 3.8) is 0 Å². The minimum atomic E-state index is -4.10. The van der Waals surface area contributed by atoms with Crippen LogP contribution in [0.4, 0.5) is 5.69 Å². The van der Waals surface area contributed by atoms with Gasteiger partial charge < -0.3 is 5.73 Å². The van der Waals surface area contributed by atoms with E-state index in [2.05, 4.69) is 9.82 Å². The number of amides is 1. The van der Waals surface area contributed by atoms with Crippen molar-refractivity contribution in [2.45, 2.75) is 37.6 Å². The van der Waals surface area contributed by atoms with Crippen molar-refractivity contribution in [3.8, 4) is 0 Å². The van der Waals surface area contributed by atoms with Crippen LogP contribution in [-0.4, -0.2) is 24.1 Å². The molecule has 1 aromatic heterocycles. The predicted molar refractivity (Wildman–Crippen MR) is 129 cm³/mol. The van der Waals surface area contributed by atoms with Gasteiger partial charge in [-0.15, -0.1) is 0 Å². The number of carbonyl (C=O) groups excluding carboxylic acids is 1. The molecule has 0 aliphatic heterocycles. The van der Waals surface area contributed by atoms with E-state index in [-0.39, 0.29) is 16.0 Å². The molecule has 0 saturated heterocycles. The number of rotatable bonds is 5. The van der Waals surface area contributed by atoms with Gasteiger partial charge in [-0.1, -0.05) is 69.3 Å². The van der Waals surface area contributed by atoms with Gasteiger partial charge in [0.15, 0.2) is 0 Å². The van der Waals surface area contributed by atoms with Crippen molar-refractivity contribution in [3.05, 3.63) is 89.7 Å². The Kier molecular flexibility index (Phi) is 5.71. The summed E-state index contributed by atoms with van der Waals surface area (Å²) in [5.41, 5.74) is 7.51. The zero-order valence-electron chi connectivity index (χ0n) is 18.7. The second-order valence-electron chi connectivity index (χ2n) is 8.97. The third-order valence-corrected chi connectivity index (χ3v) is 6.71. The molecule has 0 saturated carbocycles. The molecule has 170 valence electrons. The maximum absolute atomic E-state index is 13.2. The molecule has 7 nitrogen and oxygen atoms in total. The van der Waals surface area contributed by atoms with E-state index in [0.717, 1.165) is 16.3 Å². The molecule has 0 bridgehead atoms. The number of sulfonamides is 1. The third-order valence-electron chi connectivity index (χ3n) is 5.38. The standard InChI is InChI=1S/C25H26N4O3S/c1-25(2,3)23-15-22(24(30)28-33(31,32)20-12-7-11-19(26)14-20)29(27-23)16-18-10-6-9-17-8-4-5-13-21(17)18/h4-15H,16,26H2,1-3H3,(H,28,30). The monoisotopic (exact) mass is 462 g/mol. The van der Waals surface area contributed by atoms with Gasteiger partial charge in [0.05, 0.1) is 17.1 Å². The molecule has 0 unspecified atom stereocenters. The third kappa shape index (κ3) is 4.75. The molecule has 8 heteroatoms. The summed E-state index contributed by atoms with van der Waals surface area (Å²) in [6, 6.07) is 21.4. The highest BCUT2D eigenvalue weighted by Crippen LogP contribution is 2.25. The van der Waals surface area contributed by atoms with Crippen LogP contribution in [0.25, 0.3) is 10.8 Å². The molecule has 0 fully saturated rings. The van der Waals surface area contributed by atoms with Crippen LogP contribution in [0.3, 0.4) is 0 Å². The summed E-state index contributed by atoms with van der Waals surface area (Å²) < 4.78 is 29.3. The van der Waals surface area contributed by atoms with E-state index < -0.39 is 15.9 Å². The van der Waals surface area contributed by atoms with Crippen molar-refractivity contribution in [1.29, 1.82) is 0 Å². The summed E-state index contributed by atoms with van der Waals surface area (Å²) in [6.45, 7) is 6.28. The average molecular weight is 463 g/mol. The first-order valence-corrected chi connectivity index (χ1v) is 12.0. The molecular formula is C25H26N4O3S. The number of aromatic nitrogens is 2. The first-order chi connectivity index (χ1) is 15.5. The van der Waals surface area contributed by atoms with Crippen LogP contribution in [0.15, 0.2) is 77.7 Å². The number of nitrogens with one attached hydrogen (secondary N) is 1. The number of hydrogen-bond acceptors (Lipinski definition) is 5. The van der Waals surface area contributed by atoms with Crippen molar-refractivity contribution >= 4 is 32.4 Å². The summed E-state index contributed by atoms with van der Waals surface area (Å²) in [6.07, 6.45) is 0. The lowest BCUT2D eigenvalue weighted by molar-refractivity contribution is 0.0971. The molecule has 4 aromatic rings. The van der Waals surface area contributed by atoms with Crippen LogP contribution in [0.1, 0.15) is 42.5 Å². The topological polar surface area (TPSA) is 107 Å². The molecule has 0 spiro atoms. The summed E-state index contributed by atoms with van der Waals surface area (Å²) in [5.74, 6) is -0.749. The number of carbonyl (C=O) groups is 1. The maximum atomic E-state index is 13.2. The normalized spacial score (nSPS) is 12.1. The van der Waals surface area contributed by atoms with Gasteiger partial charge in [-0.3, -0.25) is 9.48 Å². The van der Waals surface area contributed by atoms with Gasteiger partial charge in [0, 0.05) is 11.1 Å². The molecular weight excluding hydrogens is 436 g/mol. The molecule has 0 radical (unpaired) electrons. The summed E-state index contributed by atoms with van der Waals surface area (Å²) >= 11 is 0. The fourth-order valence-corrected chi connectivity index (χ4v) is 4.61. The molecule has 3 N–H and O–H groups in total. The Morgan fingerprint density at radius 1 is 1.00 bits per heavy atom. The number of hydrogen-bond donors (Lipinski definition) is 2. The lowest BCUT2D eigenvalue weighted by atomic mass is 9.92. The summed E-state index contributed by atoms with van der Waals surface area (Å²) in [4.78, 5) is 13.1. The van der Waals surface area contributed by atoms with Gasteiger partial charge in [0.1, 0.15) is 5.69 Å². The van der Waals surface area contributed by atoms with E-state index in [1.54, 1.807) is 16.8 Å². The quantitative estimate of drug-likeness (QED) is 0.435. The first-order valence-electron chi connectivity index (χ1n) is 10.5. The van der Waals surface area contributed by atoms with Gasteiger partial charge in [-0.2, -0.15) is 5.10 Å². The second kappa shape index (κ2) is 8.37. The predicted octanol–water partition coefficient (Wildman–Crippen LogP) is 4.08. The second-order valence-corrected chi connectivity index (χ2v) is 10.7. The molecule has 1 heterocycles. The molecule has 0 atom stereocenters. The van der Waals surface area contributed by atoms with Crippen LogP contribution in [0.5, 0.6) is 0 Å². The van der Waals surface area contributed by atoms with E-state index in [4.69, 9.17) is 5.73 Å². The Labute approximate surface area is 193 Å². The van der Waals surface area contributed by atoms with Crippen molar-refractivity contribution in [2.24, 2.45) is 0 Å². The van der Waals surface area contributed by atoms with E-state index in [9.17, 15) is 13.2 Å². The van der Waals surface area contributed by atoms with Crippen LogP contribution >= 0.6 is 0 Å². The van der Waals surface area contributed by atoms with E-state index in [1.807, 2.05) is 63.2 Å². The molecule has 1 amide bonds. The molecule has 0 aliphatic carbocycles. The van der Waals surface area contributed by atoms with Gasteiger partial charge in [0.2, 0.25) is 0 Å². The molecule has 3 aromatic carbocycles. The van der Waals surface area contributed by atoms with Crippen LogP contribution in [-0.2, 0) is 22.0 Å². The Balaban J connectivity index is 1.73. The fraction of sp³-hybridized carbons (Fsp3) is 0.200. The van der Waals surface area contributed by atoms with Gasteiger partial charge in [-0.25, -0.2) is 13.1 Å². The van der Waals surface area contributed by atoms with Crippen molar-refractivity contribution < 1.29 is 13.2 Å². The van der Waals surface area contributed by atoms with Crippen LogP contribution in [0.2, 0.25) is 0 Å². The smallest absolute Gasteiger partial charge is 0.283 e. The van der Waals surface area contributed by atoms with Crippen molar-refractivity contribution in [2.75, 3.05) is 5.73 Å². The minimum Gasteiger partial charge on any atom is -0.399 e. The lowest BCUT2D eigenvalue weighted by Gasteiger charge is -2.14. The van der Waals surface area contributed by atoms with E-state index >= 15 is 0 Å². The Morgan fingerprint density at radius 2 is 1.70 bits per heavy atom. The van der Waals surface area contributed by atoms with E-state index in [0.29, 0.717) is 17.9 Å². The average Bonchev–Trinajstić information content (AvgIpc) is 3.18. The molecule has 33 heavy (non-hydrogen) atoms. The zero-order valence-corrected chi connectivity index (χ0v) is 19.6. The Morgan fingerprint density at radius 3 is 2.42 bits per heavy atom. The molecule has 4 rings (SSSR count). The largest absolute Gasteiger partial charge is 0.399 e. The number of anilines is 1. The van der Waals surface area contributed by atoms with Crippen LogP contribution < -0.4 is 10.5 Å².